The SMILES string of the molecule is O=S1(=O)CCC(CNS(=O)(=O)c2ccc(CO)c(Cl)c2)C1. The molecule has 6 nitrogen and oxygen atoms in total. The molecule has 0 saturated carbocycles. The molecule has 0 aromatic heterocycles. The number of benzene rings is 1. The van der Waals surface area contributed by atoms with Gasteiger partial charge in [-0.05, 0) is 30.0 Å². The molecule has 1 aromatic rings. The molecule has 21 heavy (non-hydrogen) atoms. The number of hydrogen-bond donors (Lipinski definition) is 2. The van der Waals surface area contributed by atoms with E-state index in [-0.39, 0.29) is 40.5 Å². The Bertz CT molecular complexity index is 730. The minimum atomic E-state index is -3.74. The third kappa shape index (κ3) is 4.17. The van der Waals surface area contributed by atoms with Crippen molar-refractivity contribution in [3.05, 3.63) is 28.8 Å². The highest BCUT2D eigenvalue weighted by molar-refractivity contribution is 7.91. The van der Waals surface area contributed by atoms with E-state index in [0.717, 1.165) is 0 Å². The van der Waals surface area contributed by atoms with Gasteiger partial charge in [0.2, 0.25) is 10.0 Å². The van der Waals surface area contributed by atoms with Crippen molar-refractivity contribution in [3.8, 4) is 0 Å². The second-order valence-electron chi connectivity index (χ2n) is 5.03. The molecule has 1 fully saturated rings. The van der Waals surface area contributed by atoms with Crippen LogP contribution in [0.2, 0.25) is 5.02 Å². The van der Waals surface area contributed by atoms with Gasteiger partial charge in [0, 0.05) is 11.6 Å². The van der Waals surface area contributed by atoms with Gasteiger partial charge in [0.15, 0.2) is 9.84 Å². The highest BCUT2D eigenvalue weighted by atomic mass is 35.5. The molecule has 1 aliphatic heterocycles. The van der Waals surface area contributed by atoms with Gasteiger partial charge in [0.05, 0.1) is 23.0 Å². The third-order valence-corrected chi connectivity index (χ3v) is 7.00. The second kappa shape index (κ2) is 6.21. The second-order valence-corrected chi connectivity index (χ2v) is 9.44. The van der Waals surface area contributed by atoms with Crippen LogP contribution < -0.4 is 4.72 Å². The smallest absolute Gasteiger partial charge is 0.240 e. The number of aliphatic hydroxyl groups excluding tert-OH is 1. The van der Waals surface area contributed by atoms with Crippen molar-refractivity contribution in [2.24, 2.45) is 5.92 Å². The van der Waals surface area contributed by atoms with Crippen molar-refractivity contribution in [2.45, 2.75) is 17.9 Å². The summed E-state index contributed by atoms with van der Waals surface area (Å²) in [5.41, 5.74) is 0.442. The van der Waals surface area contributed by atoms with Crippen LogP contribution in [0, 0.1) is 5.92 Å². The fraction of sp³-hybridized carbons (Fsp3) is 0.500. The maximum atomic E-state index is 12.1. The molecule has 1 heterocycles. The number of aliphatic hydroxyl groups is 1. The normalized spacial score (nSPS) is 21.5. The summed E-state index contributed by atoms with van der Waals surface area (Å²) in [7, 11) is -6.77. The van der Waals surface area contributed by atoms with Crippen LogP contribution in [0.3, 0.4) is 0 Å². The Hall–Kier alpha value is -0.670. The Balaban J connectivity index is 2.07. The lowest BCUT2D eigenvalue weighted by atomic mass is 10.1. The predicted molar refractivity (Wildman–Crippen MR) is 79.3 cm³/mol. The van der Waals surface area contributed by atoms with E-state index in [9.17, 15) is 16.8 Å². The van der Waals surface area contributed by atoms with Gasteiger partial charge < -0.3 is 5.11 Å². The molecule has 9 heteroatoms. The summed E-state index contributed by atoms with van der Waals surface area (Å²) >= 11 is 5.87. The first kappa shape index (κ1) is 16.7. The van der Waals surface area contributed by atoms with Crippen LogP contribution in [-0.4, -0.2) is 40.0 Å². The fourth-order valence-corrected chi connectivity index (χ4v) is 5.48. The predicted octanol–water partition coefficient (Wildman–Crippen LogP) is 0.545. The Morgan fingerprint density at radius 1 is 1.38 bits per heavy atom. The first-order valence-electron chi connectivity index (χ1n) is 6.33. The molecule has 1 saturated heterocycles. The first-order valence-corrected chi connectivity index (χ1v) is 10.0. The van der Waals surface area contributed by atoms with E-state index >= 15 is 0 Å². The molecule has 0 radical (unpaired) electrons. The van der Waals surface area contributed by atoms with Gasteiger partial charge in [0.1, 0.15) is 0 Å². The largest absolute Gasteiger partial charge is 0.392 e. The lowest BCUT2D eigenvalue weighted by Gasteiger charge is -2.11. The lowest BCUT2D eigenvalue weighted by molar-refractivity contribution is 0.282. The number of sulfone groups is 1. The van der Waals surface area contributed by atoms with Crippen molar-refractivity contribution in [3.63, 3.8) is 0 Å². The molecular weight excluding hydrogens is 338 g/mol. The number of nitrogens with one attached hydrogen (secondary N) is 1. The van der Waals surface area contributed by atoms with Gasteiger partial charge in [-0.3, -0.25) is 0 Å². The van der Waals surface area contributed by atoms with Crippen molar-refractivity contribution in [2.75, 3.05) is 18.1 Å². The molecule has 2 rings (SSSR count). The fourth-order valence-electron chi connectivity index (χ4n) is 2.17. The molecule has 0 amide bonds. The average Bonchev–Trinajstić information content (AvgIpc) is 2.76. The summed E-state index contributed by atoms with van der Waals surface area (Å²) in [6.45, 7) is -0.187. The third-order valence-electron chi connectivity index (χ3n) is 3.39. The van der Waals surface area contributed by atoms with Gasteiger partial charge >= 0.3 is 0 Å². The van der Waals surface area contributed by atoms with Crippen LogP contribution in [-0.2, 0) is 26.5 Å². The van der Waals surface area contributed by atoms with E-state index in [1.807, 2.05) is 0 Å². The van der Waals surface area contributed by atoms with Crippen LogP contribution in [0.1, 0.15) is 12.0 Å². The summed E-state index contributed by atoms with van der Waals surface area (Å²) in [5, 5.41) is 9.17. The van der Waals surface area contributed by atoms with Crippen LogP contribution >= 0.6 is 11.6 Å². The number of halogens is 1. The van der Waals surface area contributed by atoms with Crippen LogP contribution in [0.4, 0.5) is 0 Å². The molecule has 0 spiro atoms. The minimum absolute atomic E-state index is 0.00875. The summed E-state index contributed by atoms with van der Waals surface area (Å²) in [6, 6.07) is 4.06. The van der Waals surface area contributed by atoms with Gasteiger partial charge in [-0.1, -0.05) is 17.7 Å². The van der Waals surface area contributed by atoms with E-state index in [1.54, 1.807) is 0 Å². The first-order chi connectivity index (χ1) is 9.73. The Labute approximate surface area is 129 Å². The quantitative estimate of drug-likeness (QED) is 0.805. The molecule has 2 N–H and O–H groups in total. The highest BCUT2D eigenvalue weighted by Gasteiger charge is 2.29. The summed E-state index contributed by atoms with van der Waals surface area (Å²) in [4.78, 5) is -0.00875. The van der Waals surface area contributed by atoms with Crippen molar-refractivity contribution < 1.29 is 21.9 Å². The van der Waals surface area contributed by atoms with Crippen molar-refractivity contribution in [1.29, 1.82) is 0 Å². The zero-order chi connectivity index (χ0) is 15.7. The van der Waals surface area contributed by atoms with E-state index < -0.39 is 19.9 Å². The van der Waals surface area contributed by atoms with E-state index in [4.69, 9.17) is 16.7 Å². The van der Waals surface area contributed by atoms with E-state index in [0.29, 0.717) is 12.0 Å². The van der Waals surface area contributed by atoms with Gasteiger partial charge in [-0.2, -0.15) is 0 Å². The molecule has 1 unspecified atom stereocenters. The van der Waals surface area contributed by atoms with Gasteiger partial charge in [0.25, 0.3) is 0 Å². The molecule has 0 aliphatic carbocycles. The Morgan fingerprint density at radius 2 is 2.10 bits per heavy atom. The van der Waals surface area contributed by atoms with Gasteiger partial charge in [-0.15, -0.1) is 0 Å². The number of rotatable bonds is 5. The molecule has 1 atom stereocenters. The van der Waals surface area contributed by atoms with E-state index in [1.165, 1.54) is 18.2 Å². The Kier molecular flexibility index (Phi) is 4.94. The maximum Gasteiger partial charge on any atom is 0.240 e. The van der Waals surface area contributed by atoms with E-state index in [2.05, 4.69) is 4.72 Å². The molecule has 1 aliphatic rings. The van der Waals surface area contributed by atoms with Crippen molar-refractivity contribution in [1.82, 2.24) is 4.72 Å². The van der Waals surface area contributed by atoms with Crippen LogP contribution in [0.5, 0.6) is 0 Å². The molecule has 0 bridgehead atoms. The number of hydrogen-bond acceptors (Lipinski definition) is 5. The lowest BCUT2D eigenvalue weighted by Crippen LogP contribution is -2.30. The highest BCUT2D eigenvalue weighted by Crippen LogP contribution is 2.22. The average molecular weight is 354 g/mol. The van der Waals surface area contributed by atoms with Gasteiger partial charge in [-0.25, -0.2) is 21.6 Å². The zero-order valence-electron chi connectivity index (χ0n) is 11.1. The zero-order valence-corrected chi connectivity index (χ0v) is 13.5. The number of sulfonamides is 1. The topological polar surface area (TPSA) is 101 Å². The minimum Gasteiger partial charge on any atom is -0.392 e. The van der Waals surface area contributed by atoms with Crippen LogP contribution in [0.25, 0.3) is 0 Å². The molecular formula is C12H16ClNO5S2. The standard InChI is InChI=1S/C12H16ClNO5S2/c13-12-5-11(2-1-10(12)7-15)21(18,19)14-6-9-3-4-20(16,17)8-9/h1-2,5,9,14-15H,3-4,6-8H2. The monoisotopic (exact) mass is 353 g/mol. The van der Waals surface area contributed by atoms with Crippen LogP contribution in [0.15, 0.2) is 23.1 Å². The Morgan fingerprint density at radius 3 is 2.62 bits per heavy atom. The summed E-state index contributed by atoms with van der Waals surface area (Å²) in [6.07, 6.45) is 0.467. The summed E-state index contributed by atoms with van der Waals surface area (Å²) in [5.74, 6) is -0.0761. The van der Waals surface area contributed by atoms with Crippen molar-refractivity contribution >= 4 is 31.5 Å². The molecule has 118 valence electrons. The summed E-state index contributed by atoms with van der Waals surface area (Å²) < 4.78 is 49.3. The maximum absolute atomic E-state index is 12.1. The molecule has 1 aromatic carbocycles.